The van der Waals surface area contributed by atoms with Crippen LogP contribution in [0.2, 0.25) is 0 Å². The summed E-state index contributed by atoms with van der Waals surface area (Å²) in [6.07, 6.45) is 0. The molecule has 0 saturated carbocycles. The van der Waals surface area contributed by atoms with E-state index in [1.165, 1.54) is 6.07 Å². The number of para-hydroxylation sites is 1. The number of H-pyrrole nitrogens is 1. The van der Waals surface area contributed by atoms with Crippen molar-refractivity contribution >= 4 is 27.8 Å². The van der Waals surface area contributed by atoms with Crippen molar-refractivity contribution in [1.82, 2.24) is 10.3 Å². The summed E-state index contributed by atoms with van der Waals surface area (Å²) < 4.78 is 5.57. The molecule has 25 heavy (non-hydrogen) atoms. The van der Waals surface area contributed by atoms with Crippen LogP contribution in [0.25, 0.3) is 21.9 Å². The summed E-state index contributed by atoms with van der Waals surface area (Å²) >= 11 is 0. The van der Waals surface area contributed by atoms with E-state index < -0.39 is 0 Å². The van der Waals surface area contributed by atoms with Crippen LogP contribution in [0.15, 0.2) is 63.8 Å². The number of furan rings is 1. The number of hydrogen-bond acceptors (Lipinski definition) is 3. The molecule has 0 saturated heterocycles. The van der Waals surface area contributed by atoms with Crippen molar-refractivity contribution in [2.45, 2.75) is 13.5 Å². The summed E-state index contributed by atoms with van der Waals surface area (Å²) in [6, 6.07) is 16.5. The highest BCUT2D eigenvalue weighted by Crippen LogP contribution is 2.20. The zero-order chi connectivity index (χ0) is 17.4. The zero-order valence-corrected chi connectivity index (χ0v) is 13.6. The Morgan fingerprint density at radius 2 is 1.96 bits per heavy atom. The number of nitrogens with one attached hydrogen (secondary N) is 2. The molecule has 1 amide bonds. The van der Waals surface area contributed by atoms with Gasteiger partial charge in [-0.05, 0) is 36.8 Å². The van der Waals surface area contributed by atoms with E-state index in [-0.39, 0.29) is 23.8 Å². The number of fused-ring (bicyclic) bond motifs is 2. The molecule has 0 spiro atoms. The Morgan fingerprint density at radius 1 is 1.12 bits per heavy atom. The quantitative estimate of drug-likeness (QED) is 0.603. The SMILES string of the molecule is Cc1ccc2[nH]c(=O)cc(CNC(=O)c3cc4ccccc4o3)c2c1. The van der Waals surface area contributed by atoms with Gasteiger partial charge in [0.2, 0.25) is 5.56 Å². The lowest BCUT2D eigenvalue weighted by Gasteiger charge is -2.08. The largest absolute Gasteiger partial charge is 0.451 e. The molecule has 0 fully saturated rings. The van der Waals surface area contributed by atoms with Gasteiger partial charge >= 0.3 is 0 Å². The minimum absolute atomic E-state index is 0.190. The van der Waals surface area contributed by atoms with Crippen LogP contribution in [0.4, 0.5) is 0 Å². The molecule has 0 atom stereocenters. The molecule has 124 valence electrons. The average Bonchev–Trinajstić information content (AvgIpc) is 3.04. The van der Waals surface area contributed by atoms with Gasteiger partial charge in [0.1, 0.15) is 5.58 Å². The van der Waals surface area contributed by atoms with E-state index in [9.17, 15) is 9.59 Å². The number of hydrogen-bond donors (Lipinski definition) is 2. The first kappa shape index (κ1) is 15.2. The lowest BCUT2D eigenvalue weighted by Crippen LogP contribution is -2.23. The van der Waals surface area contributed by atoms with Crippen molar-refractivity contribution in [2.75, 3.05) is 0 Å². The molecular weight excluding hydrogens is 316 g/mol. The summed E-state index contributed by atoms with van der Waals surface area (Å²) in [4.78, 5) is 27.0. The molecule has 4 rings (SSSR count). The Morgan fingerprint density at radius 3 is 2.80 bits per heavy atom. The van der Waals surface area contributed by atoms with Crippen molar-refractivity contribution < 1.29 is 9.21 Å². The Bertz CT molecular complexity index is 1120. The molecule has 5 heteroatoms. The van der Waals surface area contributed by atoms with Crippen molar-refractivity contribution in [2.24, 2.45) is 0 Å². The van der Waals surface area contributed by atoms with E-state index in [1.54, 1.807) is 6.07 Å². The number of aromatic nitrogens is 1. The Balaban J connectivity index is 1.62. The van der Waals surface area contributed by atoms with Crippen LogP contribution in [0, 0.1) is 6.92 Å². The van der Waals surface area contributed by atoms with Crippen LogP contribution in [0.5, 0.6) is 0 Å². The smallest absolute Gasteiger partial charge is 0.287 e. The van der Waals surface area contributed by atoms with Crippen molar-refractivity contribution in [1.29, 1.82) is 0 Å². The van der Waals surface area contributed by atoms with Gasteiger partial charge in [-0.25, -0.2) is 0 Å². The standard InChI is InChI=1S/C20H16N2O3/c1-12-6-7-16-15(8-12)14(10-19(23)22-16)11-21-20(24)18-9-13-4-2-3-5-17(13)25-18/h2-10H,11H2,1H3,(H,21,24)(H,22,23). The molecule has 2 aromatic carbocycles. The monoisotopic (exact) mass is 332 g/mol. The normalized spacial score (nSPS) is 11.1. The van der Waals surface area contributed by atoms with Gasteiger partial charge in [-0.1, -0.05) is 29.8 Å². The number of carbonyl (C=O) groups excluding carboxylic acids is 1. The lowest BCUT2D eigenvalue weighted by atomic mass is 10.1. The maximum absolute atomic E-state index is 12.4. The van der Waals surface area contributed by atoms with Gasteiger partial charge in [0.15, 0.2) is 5.76 Å². The number of carbonyl (C=O) groups is 1. The lowest BCUT2D eigenvalue weighted by molar-refractivity contribution is 0.0925. The molecule has 0 aliphatic carbocycles. The highest BCUT2D eigenvalue weighted by molar-refractivity contribution is 5.96. The van der Waals surface area contributed by atoms with E-state index in [0.717, 1.165) is 27.4 Å². The summed E-state index contributed by atoms with van der Waals surface area (Å²) in [5, 5.41) is 4.63. The number of pyridine rings is 1. The van der Waals surface area contributed by atoms with Gasteiger partial charge in [-0.3, -0.25) is 9.59 Å². The van der Waals surface area contributed by atoms with Crippen LogP contribution in [-0.2, 0) is 6.54 Å². The number of aryl methyl sites for hydroxylation is 1. The first-order chi connectivity index (χ1) is 12.1. The molecule has 2 N–H and O–H groups in total. The summed E-state index contributed by atoms with van der Waals surface area (Å²) in [7, 11) is 0. The number of amides is 1. The van der Waals surface area contributed by atoms with Crippen molar-refractivity contribution in [3.63, 3.8) is 0 Å². The van der Waals surface area contributed by atoms with E-state index in [4.69, 9.17) is 4.42 Å². The van der Waals surface area contributed by atoms with Crippen molar-refractivity contribution in [3.8, 4) is 0 Å². The van der Waals surface area contributed by atoms with E-state index in [0.29, 0.717) is 5.58 Å². The Kier molecular flexibility index (Phi) is 3.61. The second kappa shape index (κ2) is 5.94. The van der Waals surface area contributed by atoms with E-state index in [2.05, 4.69) is 10.3 Å². The van der Waals surface area contributed by atoms with Gasteiger partial charge in [0.05, 0.1) is 0 Å². The Hall–Kier alpha value is -3.34. The maximum atomic E-state index is 12.4. The van der Waals surface area contributed by atoms with Crippen molar-refractivity contribution in [3.05, 3.63) is 81.8 Å². The van der Waals surface area contributed by atoms with Gasteiger partial charge in [0, 0.05) is 28.9 Å². The first-order valence-electron chi connectivity index (χ1n) is 7.99. The summed E-state index contributed by atoms with van der Waals surface area (Å²) in [5.41, 5.74) is 3.09. The Labute approximate surface area is 143 Å². The predicted molar refractivity (Wildman–Crippen MR) is 96.7 cm³/mol. The molecule has 0 radical (unpaired) electrons. The molecular formula is C20H16N2O3. The molecule has 0 bridgehead atoms. The molecule has 4 aromatic rings. The van der Waals surface area contributed by atoms with Gasteiger partial charge < -0.3 is 14.7 Å². The van der Waals surface area contributed by atoms with E-state index >= 15 is 0 Å². The second-order valence-electron chi connectivity index (χ2n) is 6.04. The third-order valence-electron chi connectivity index (χ3n) is 4.17. The first-order valence-corrected chi connectivity index (χ1v) is 7.99. The average molecular weight is 332 g/mol. The topological polar surface area (TPSA) is 75.1 Å². The van der Waals surface area contributed by atoms with Crippen LogP contribution < -0.4 is 10.9 Å². The summed E-state index contributed by atoms with van der Waals surface area (Å²) in [6.45, 7) is 2.24. The fraction of sp³-hybridized carbons (Fsp3) is 0.100. The molecule has 0 aliphatic heterocycles. The molecule has 2 heterocycles. The highest BCUT2D eigenvalue weighted by Gasteiger charge is 2.13. The van der Waals surface area contributed by atoms with Crippen LogP contribution >= 0.6 is 0 Å². The predicted octanol–water partition coefficient (Wildman–Crippen LogP) is 3.51. The highest BCUT2D eigenvalue weighted by atomic mass is 16.3. The van der Waals surface area contributed by atoms with Gasteiger partial charge in [-0.2, -0.15) is 0 Å². The van der Waals surface area contributed by atoms with Gasteiger partial charge in [-0.15, -0.1) is 0 Å². The fourth-order valence-electron chi connectivity index (χ4n) is 2.94. The summed E-state index contributed by atoms with van der Waals surface area (Å²) in [5.74, 6) is -0.0520. The third-order valence-corrected chi connectivity index (χ3v) is 4.17. The number of benzene rings is 2. The number of rotatable bonds is 3. The molecule has 0 aliphatic rings. The van der Waals surface area contributed by atoms with Crippen LogP contribution in [-0.4, -0.2) is 10.9 Å². The van der Waals surface area contributed by atoms with E-state index in [1.807, 2.05) is 49.4 Å². The van der Waals surface area contributed by atoms with Crippen LogP contribution in [0.1, 0.15) is 21.7 Å². The number of aromatic amines is 1. The minimum Gasteiger partial charge on any atom is -0.451 e. The molecule has 5 nitrogen and oxygen atoms in total. The zero-order valence-electron chi connectivity index (χ0n) is 13.6. The fourth-order valence-corrected chi connectivity index (χ4v) is 2.94. The minimum atomic E-state index is -0.308. The molecule has 2 aromatic heterocycles. The molecule has 0 unspecified atom stereocenters. The third kappa shape index (κ3) is 2.92. The van der Waals surface area contributed by atoms with Gasteiger partial charge in [0.25, 0.3) is 5.91 Å². The second-order valence-corrected chi connectivity index (χ2v) is 6.04. The van der Waals surface area contributed by atoms with Crippen LogP contribution in [0.3, 0.4) is 0 Å². The maximum Gasteiger partial charge on any atom is 0.287 e.